The highest BCUT2D eigenvalue weighted by atomic mass is 35.5. The largest absolute Gasteiger partial charge is 0.504 e. The standard InChI is InChI=1S/C27H35ClN4O5/c1-26(2,3)11-30-25-22(35)18-13(23(28)31-25)8-12-9-16-19(32(4)5)20(33)14(24(29)36)10-27(16)15(6-7-37-27)17(12)21(18)34/h12,14,16,19,35H,6-11H2,1-5H3,(H2,29,36)(H,30,31). The van der Waals surface area contributed by atoms with E-state index in [-0.39, 0.29) is 57.5 Å². The molecule has 1 aliphatic heterocycles. The number of anilines is 1. The number of ketones is 2. The average molecular weight is 531 g/mol. The van der Waals surface area contributed by atoms with Crippen molar-refractivity contribution >= 4 is 34.9 Å². The fourth-order valence-electron chi connectivity index (χ4n) is 6.94. The maximum Gasteiger partial charge on any atom is 0.228 e. The number of Topliss-reactive ketones (excluding diaryl/α,β-unsaturated/α-hetero) is 2. The van der Waals surface area contributed by atoms with Crippen molar-refractivity contribution in [1.29, 1.82) is 0 Å². The quantitative estimate of drug-likeness (QED) is 0.399. The number of nitrogens with two attached hydrogens (primary N) is 1. The molecule has 0 bridgehead atoms. The molecule has 3 aliphatic carbocycles. The molecule has 1 aromatic rings. The summed E-state index contributed by atoms with van der Waals surface area (Å²) >= 11 is 6.60. The molecule has 37 heavy (non-hydrogen) atoms. The second kappa shape index (κ2) is 8.78. The number of allylic oxidation sites excluding steroid dienone is 1. The molecule has 9 nitrogen and oxygen atoms in total. The van der Waals surface area contributed by atoms with Crippen LogP contribution in [0.3, 0.4) is 0 Å². The van der Waals surface area contributed by atoms with Crippen LogP contribution in [-0.4, -0.2) is 71.4 Å². The van der Waals surface area contributed by atoms with E-state index in [1.165, 1.54) is 0 Å². The number of hydrogen-bond donors (Lipinski definition) is 3. The first-order valence-electron chi connectivity index (χ1n) is 12.8. The van der Waals surface area contributed by atoms with Gasteiger partial charge in [-0.1, -0.05) is 32.4 Å². The van der Waals surface area contributed by atoms with Gasteiger partial charge in [0, 0.05) is 23.6 Å². The lowest BCUT2D eigenvalue weighted by Gasteiger charge is -2.54. The van der Waals surface area contributed by atoms with Crippen LogP contribution in [0.1, 0.15) is 56.0 Å². The van der Waals surface area contributed by atoms with Gasteiger partial charge in [-0.3, -0.25) is 19.3 Å². The number of likely N-dealkylation sites (N-methyl/N-ethyl adjacent to an activating group) is 1. The Balaban J connectivity index is 1.65. The number of fused-ring (bicyclic) bond motifs is 2. The van der Waals surface area contributed by atoms with Crippen molar-refractivity contribution in [2.45, 2.75) is 58.1 Å². The van der Waals surface area contributed by atoms with E-state index in [4.69, 9.17) is 22.1 Å². The molecular weight excluding hydrogens is 496 g/mol. The average Bonchev–Trinajstić information content (AvgIpc) is 3.21. The van der Waals surface area contributed by atoms with Crippen LogP contribution in [0.2, 0.25) is 5.15 Å². The van der Waals surface area contributed by atoms with Crippen LogP contribution in [0.25, 0.3) is 0 Å². The number of carbonyl (C=O) groups is 3. The van der Waals surface area contributed by atoms with Gasteiger partial charge in [0.2, 0.25) is 5.91 Å². The third-order valence-corrected chi connectivity index (χ3v) is 8.76. The molecule has 5 atom stereocenters. The Morgan fingerprint density at radius 2 is 2.03 bits per heavy atom. The van der Waals surface area contributed by atoms with Gasteiger partial charge < -0.3 is 20.9 Å². The second-order valence-corrected chi connectivity index (χ2v) is 12.6. The molecular formula is C27H35ClN4O5. The number of halogens is 1. The molecule has 1 amide bonds. The summed E-state index contributed by atoms with van der Waals surface area (Å²) in [7, 11) is 3.64. The van der Waals surface area contributed by atoms with Gasteiger partial charge in [0.25, 0.3) is 0 Å². The zero-order chi connectivity index (χ0) is 27.0. The topological polar surface area (TPSA) is 135 Å². The maximum absolute atomic E-state index is 14.1. The minimum atomic E-state index is -0.986. The predicted octanol–water partition coefficient (Wildman–Crippen LogP) is 2.73. The molecule has 1 spiro atoms. The van der Waals surface area contributed by atoms with Crippen molar-refractivity contribution in [3.63, 3.8) is 0 Å². The van der Waals surface area contributed by atoms with E-state index < -0.39 is 23.5 Å². The molecule has 5 unspecified atom stereocenters. The van der Waals surface area contributed by atoms with Crippen LogP contribution >= 0.6 is 11.6 Å². The number of pyridine rings is 1. The van der Waals surface area contributed by atoms with Crippen LogP contribution in [-0.2, 0) is 20.7 Å². The van der Waals surface area contributed by atoms with Crippen LogP contribution in [0, 0.1) is 23.2 Å². The highest BCUT2D eigenvalue weighted by molar-refractivity contribution is 6.31. The summed E-state index contributed by atoms with van der Waals surface area (Å²) in [5, 5.41) is 14.5. The number of primary amides is 1. The Morgan fingerprint density at radius 3 is 2.65 bits per heavy atom. The first-order valence-corrected chi connectivity index (χ1v) is 13.2. The van der Waals surface area contributed by atoms with Crippen LogP contribution in [0.4, 0.5) is 5.82 Å². The Bertz CT molecular complexity index is 1240. The number of aromatic nitrogens is 1. The van der Waals surface area contributed by atoms with E-state index in [1.54, 1.807) is 0 Å². The fourth-order valence-corrected chi connectivity index (χ4v) is 7.20. The van der Waals surface area contributed by atoms with Gasteiger partial charge in [0.1, 0.15) is 11.1 Å². The number of amides is 1. The summed E-state index contributed by atoms with van der Waals surface area (Å²) in [6.45, 7) is 7.07. The molecule has 200 valence electrons. The second-order valence-electron chi connectivity index (χ2n) is 12.3. The van der Waals surface area contributed by atoms with Gasteiger partial charge in [0.05, 0.1) is 23.8 Å². The lowest BCUT2D eigenvalue weighted by Crippen LogP contribution is -2.64. The molecule has 1 aromatic heterocycles. The van der Waals surface area contributed by atoms with Crippen LogP contribution < -0.4 is 11.1 Å². The molecule has 1 saturated carbocycles. The van der Waals surface area contributed by atoms with Gasteiger partial charge >= 0.3 is 0 Å². The van der Waals surface area contributed by atoms with Crippen molar-refractivity contribution in [3.05, 3.63) is 27.4 Å². The molecule has 2 heterocycles. The number of ether oxygens (including phenoxy) is 1. The predicted molar refractivity (Wildman–Crippen MR) is 139 cm³/mol. The number of nitrogens with one attached hydrogen (secondary N) is 1. The van der Waals surface area contributed by atoms with E-state index in [1.807, 2.05) is 39.8 Å². The van der Waals surface area contributed by atoms with Crippen molar-refractivity contribution in [3.8, 4) is 5.75 Å². The van der Waals surface area contributed by atoms with Crippen molar-refractivity contribution in [2.75, 3.05) is 32.6 Å². The molecule has 10 heteroatoms. The highest BCUT2D eigenvalue weighted by Gasteiger charge is 2.63. The first kappa shape index (κ1) is 26.1. The van der Waals surface area contributed by atoms with E-state index in [2.05, 4.69) is 10.3 Å². The molecule has 4 aliphatic rings. The van der Waals surface area contributed by atoms with Crippen molar-refractivity contribution in [1.82, 2.24) is 9.88 Å². The van der Waals surface area contributed by atoms with E-state index in [0.29, 0.717) is 43.6 Å². The van der Waals surface area contributed by atoms with E-state index in [9.17, 15) is 19.5 Å². The van der Waals surface area contributed by atoms with Gasteiger partial charge in [-0.25, -0.2) is 4.98 Å². The summed E-state index contributed by atoms with van der Waals surface area (Å²) in [6, 6.07) is -0.566. The van der Waals surface area contributed by atoms with E-state index >= 15 is 0 Å². The monoisotopic (exact) mass is 530 g/mol. The summed E-state index contributed by atoms with van der Waals surface area (Å²) in [6.07, 6.45) is 1.62. The minimum Gasteiger partial charge on any atom is -0.504 e. The van der Waals surface area contributed by atoms with Crippen LogP contribution in [0.5, 0.6) is 5.75 Å². The van der Waals surface area contributed by atoms with E-state index in [0.717, 1.165) is 5.57 Å². The molecule has 0 radical (unpaired) electrons. The summed E-state index contributed by atoms with van der Waals surface area (Å²) in [4.78, 5) is 46.1. The molecule has 5 rings (SSSR count). The zero-order valence-electron chi connectivity index (χ0n) is 22.0. The van der Waals surface area contributed by atoms with Crippen molar-refractivity contribution < 1.29 is 24.2 Å². The molecule has 1 saturated heterocycles. The Morgan fingerprint density at radius 1 is 1.32 bits per heavy atom. The number of rotatable bonds is 4. The summed E-state index contributed by atoms with van der Waals surface area (Å²) in [5.74, 6) is -2.57. The smallest absolute Gasteiger partial charge is 0.228 e. The SMILES string of the molecule is CN(C)C1C(=O)C(C(N)=O)CC23OCCC2=C2C(=O)c4c(O)c(NCC(C)(C)C)nc(Cl)c4CC2CC13. The highest BCUT2D eigenvalue weighted by Crippen LogP contribution is 2.58. The van der Waals surface area contributed by atoms with Gasteiger partial charge in [0.15, 0.2) is 23.1 Å². The van der Waals surface area contributed by atoms with Gasteiger partial charge in [-0.2, -0.15) is 0 Å². The molecule has 2 fully saturated rings. The third-order valence-electron chi connectivity index (χ3n) is 8.45. The number of nitrogens with zero attached hydrogens (tertiary/aromatic N) is 2. The fraction of sp³-hybridized carbons (Fsp3) is 0.630. The lowest BCUT2D eigenvalue weighted by molar-refractivity contribution is -0.155. The number of hydrogen-bond acceptors (Lipinski definition) is 8. The first-order chi connectivity index (χ1) is 17.3. The van der Waals surface area contributed by atoms with Crippen molar-refractivity contribution in [2.24, 2.45) is 28.9 Å². The third kappa shape index (κ3) is 3.97. The molecule has 4 N–H and O–H groups in total. The number of carbonyl (C=O) groups excluding carboxylic acids is 3. The maximum atomic E-state index is 14.1. The number of aromatic hydroxyl groups is 1. The minimum absolute atomic E-state index is 0.0828. The lowest BCUT2D eigenvalue weighted by atomic mass is 9.55. The molecule has 0 aromatic carbocycles. The van der Waals surface area contributed by atoms with Crippen LogP contribution in [0.15, 0.2) is 11.1 Å². The summed E-state index contributed by atoms with van der Waals surface area (Å²) in [5.41, 5.74) is 6.85. The normalized spacial score (nSPS) is 31.1. The summed E-state index contributed by atoms with van der Waals surface area (Å²) < 4.78 is 6.39. The Hall–Kier alpha value is -2.49. The van der Waals surface area contributed by atoms with Gasteiger partial charge in [-0.05, 0) is 56.7 Å². The Kier molecular flexibility index (Phi) is 6.20. The Labute approximate surface area is 221 Å². The van der Waals surface area contributed by atoms with Gasteiger partial charge in [-0.15, -0.1) is 0 Å². The zero-order valence-corrected chi connectivity index (χ0v) is 22.7.